The lowest BCUT2D eigenvalue weighted by Crippen LogP contribution is -2.01. The molecule has 1 rings (SSSR count). The van der Waals surface area contributed by atoms with Crippen LogP contribution in [0.1, 0.15) is 5.56 Å². The van der Waals surface area contributed by atoms with E-state index in [1.54, 1.807) is 6.07 Å². The van der Waals surface area contributed by atoms with Crippen LogP contribution in [0.4, 0.5) is 10.1 Å². The summed E-state index contributed by atoms with van der Waals surface area (Å²) in [6.45, 7) is -0.235. The van der Waals surface area contributed by atoms with Crippen LogP contribution in [-0.4, -0.2) is 11.5 Å². The molecular weight excluding hydrogens is 215 g/mol. The highest BCUT2D eigenvalue weighted by atomic mass is 19.1. The van der Waals surface area contributed by atoms with Gasteiger partial charge in [0.1, 0.15) is 24.1 Å². The number of nitro benzene ring substituents is 1. The second-order valence-electron chi connectivity index (χ2n) is 2.66. The van der Waals surface area contributed by atoms with Crippen LogP contribution in [-0.2, 0) is 0 Å². The first kappa shape index (κ1) is 11.5. The molecule has 0 saturated heterocycles. The van der Waals surface area contributed by atoms with Gasteiger partial charge in [-0.25, -0.2) is 4.39 Å². The SMILES string of the molecule is C#CCOc1c(C#N)cc(F)cc1[N+](=O)[O-]. The van der Waals surface area contributed by atoms with E-state index in [1.807, 2.05) is 0 Å². The topological polar surface area (TPSA) is 76.2 Å². The summed E-state index contributed by atoms with van der Waals surface area (Å²) in [6.07, 6.45) is 4.92. The number of nitro groups is 1. The molecule has 0 radical (unpaired) electrons. The number of nitriles is 1. The summed E-state index contributed by atoms with van der Waals surface area (Å²) in [6, 6.07) is 3.12. The minimum Gasteiger partial charge on any atom is -0.473 e. The summed E-state index contributed by atoms with van der Waals surface area (Å²) in [5.41, 5.74) is -0.881. The first-order valence-electron chi connectivity index (χ1n) is 4.04. The highest BCUT2D eigenvalue weighted by Gasteiger charge is 2.21. The van der Waals surface area contributed by atoms with E-state index < -0.39 is 16.4 Å². The van der Waals surface area contributed by atoms with E-state index in [-0.39, 0.29) is 17.9 Å². The average Bonchev–Trinajstić information content (AvgIpc) is 2.26. The van der Waals surface area contributed by atoms with Gasteiger partial charge < -0.3 is 4.74 Å². The first-order chi connectivity index (χ1) is 7.60. The second-order valence-corrected chi connectivity index (χ2v) is 2.66. The Morgan fingerprint density at radius 2 is 2.31 bits per heavy atom. The molecule has 0 spiro atoms. The predicted octanol–water partition coefficient (Wildman–Crippen LogP) is 1.62. The molecule has 0 bridgehead atoms. The lowest BCUT2D eigenvalue weighted by Gasteiger charge is -2.05. The van der Waals surface area contributed by atoms with E-state index in [1.165, 1.54) is 0 Å². The number of hydrogen-bond acceptors (Lipinski definition) is 4. The molecule has 1 aromatic rings. The standard InChI is InChI=1S/C10H5FN2O3/c1-2-3-16-10-7(6-12)4-8(11)5-9(10)13(14)15/h1,4-5H,3H2. The fourth-order valence-electron chi connectivity index (χ4n) is 1.06. The third-order valence-electron chi connectivity index (χ3n) is 1.65. The maximum atomic E-state index is 12.9. The average molecular weight is 220 g/mol. The fraction of sp³-hybridized carbons (Fsp3) is 0.100. The molecule has 0 unspecified atom stereocenters. The highest BCUT2D eigenvalue weighted by Crippen LogP contribution is 2.31. The smallest absolute Gasteiger partial charge is 0.315 e. The van der Waals surface area contributed by atoms with Crippen LogP contribution >= 0.6 is 0 Å². The van der Waals surface area contributed by atoms with Gasteiger partial charge in [0.2, 0.25) is 5.75 Å². The Labute approximate surface area is 90.2 Å². The molecule has 0 heterocycles. The zero-order chi connectivity index (χ0) is 12.1. The normalized spacial score (nSPS) is 8.94. The van der Waals surface area contributed by atoms with Crippen LogP contribution in [0.15, 0.2) is 12.1 Å². The van der Waals surface area contributed by atoms with Crippen molar-refractivity contribution in [2.24, 2.45) is 0 Å². The number of terminal acetylenes is 1. The van der Waals surface area contributed by atoms with Crippen molar-refractivity contribution in [2.75, 3.05) is 6.61 Å². The Kier molecular flexibility index (Phi) is 3.41. The molecule has 0 N–H and O–H groups in total. The second kappa shape index (κ2) is 4.76. The molecule has 6 heteroatoms. The van der Waals surface area contributed by atoms with Gasteiger partial charge in [0, 0.05) is 0 Å². The molecule has 0 fully saturated rings. The summed E-state index contributed by atoms with van der Waals surface area (Å²) in [5.74, 6) is 0.909. The van der Waals surface area contributed by atoms with E-state index in [4.69, 9.17) is 16.4 Å². The molecule has 0 aliphatic rings. The lowest BCUT2D eigenvalue weighted by atomic mass is 10.2. The summed E-state index contributed by atoms with van der Waals surface area (Å²) >= 11 is 0. The minimum atomic E-state index is -0.878. The van der Waals surface area contributed by atoms with Gasteiger partial charge in [0.25, 0.3) is 0 Å². The van der Waals surface area contributed by atoms with Crippen LogP contribution in [0.25, 0.3) is 0 Å². The molecule has 16 heavy (non-hydrogen) atoms. The van der Waals surface area contributed by atoms with E-state index >= 15 is 0 Å². The van der Waals surface area contributed by atoms with Gasteiger partial charge in [0.15, 0.2) is 0 Å². The summed E-state index contributed by atoms with van der Waals surface area (Å²) < 4.78 is 17.8. The van der Waals surface area contributed by atoms with Crippen LogP contribution in [0.3, 0.4) is 0 Å². The van der Waals surface area contributed by atoms with Crippen LogP contribution in [0.5, 0.6) is 5.75 Å². The molecule has 0 amide bonds. The summed E-state index contributed by atoms with van der Waals surface area (Å²) in [5, 5.41) is 19.3. The number of hydrogen-bond donors (Lipinski definition) is 0. The van der Waals surface area contributed by atoms with E-state index in [9.17, 15) is 14.5 Å². The summed E-state index contributed by atoms with van der Waals surface area (Å²) in [7, 11) is 0. The van der Waals surface area contributed by atoms with Crippen molar-refractivity contribution in [3.05, 3.63) is 33.6 Å². The zero-order valence-corrected chi connectivity index (χ0v) is 7.94. The van der Waals surface area contributed by atoms with Crippen molar-refractivity contribution in [3.63, 3.8) is 0 Å². The minimum absolute atomic E-state index is 0.235. The Morgan fingerprint density at radius 1 is 1.62 bits per heavy atom. The van der Waals surface area contributed by atoms with Crippen LogP contribution in [0.2, 0.25) is 0 Å². The number of halogens is 1. The number of rotatable bonds is 3. The Bertz CT molecular complexity index is 514. The van der Waals surface area contributed by atoms with Crippen molar-refractivity contribution in [2.45, 2.75) is 0 Å². The quantitative estimate of drug-likeness (QED) is 0.440. The van der Waals surface area contributed by atoms with Gasteiger partial charge in [-0.15, -0.1) is 6.42 Å². The Morgan fingerprint density at radius 3 is 2.81 bits per heavy atom. The van der Waals surface area contributed by atoms with Gasteiger partial charge in [-0.05, 0) is 6.07 Å². The zero-order valence-electron chi connectivity index (χ0n) is 7.94. The summed E-state index contributed by atoms with van der Waals surface area (Å²) in [4.78, 5) is 9.77. The van der Waals surface area contributed by atoms with Crippen molar-refractivity contribution in [1.82, 2.24) is 0 Å². The van der Waals surface area contributed by atoms with E-state index in [0.29, 0.717) is 6.07 Å². The third kappa shape index (κ3) is 2.25. The number of nitrogens with zero attached hydrogens (tertiary/aromatic N) is 2. The van der Waals surface area contributed by atoms with E-state index in [0.717, 1.165) is 6.07 Å². The van der Waals surface area contributed by atoms with Crippen molar-refractivity contribution < 1.29 is 14.1 Å². The van der Waals surface area contributed by atoms with Gasteiger partial charge in [-0.1, -0.05) is 5.92 Å². The molecule has 1 aromatic carbocycles. The van der Waals surface area contributed by atoms with Crippen molar-refractivity contribution in [3.8, 4) is 24.2 Å². The van der Waals surface area contributed by atoms with Gasteiger partial charge >= 0.3 is 5.69 Å². The first-order valence-corrected chi connectivity index (χ1v) is 4.04. The number of ether oxygens (including phenoxy) is 1. The molecule has 0 atom stereocenters. The van der Waals surface area contributed by atoms with Crippen molar-refractivity contribution in [1.29, 1.82) is 5.26 Å². The maximum Gasteiger partial charge on any atom is 0.315 e. The van der Waals surface area contributed by atoms with Crippen LogP contribution in [0, 0.1) is 39.6 Å². The molecule has 0 aliphatic carbocycles. The predicted molar refractivity (Wildman–Crippen MR) is 52.1 cm³/mol. The van der Waals surface area contributed by atoms with Gasteiger partial charge in [-0.2, -0.15) is 5.26 Å². The third-order valence-corrected chi connectivity index (χ3v) is 1.65. The van der Waals surface area contributed by atoms with E-state index in [2.05, 4.69) is 5.92 Å². The van der Waals surface area contributed by atoms with Crippen molar-refractivity contribution >= 4 is 5.69 Å². The molecule has 0 aromatic heterocycles. The Balaban J connectivity index is 3.35. The molecular formula is C10H5FN2O3. The highest BCUT2D eigenvalue weighted by molar-refractivity contribution is 5.57. The fourth-order valence-corrected chi connectivity index (χ4v) is 1.06. The molecule has 0 saturated carbocycles. The lowest BCUT2D eigenvalue weighted by molar-refractivity contribution is -0.386. The maximum absolute atomic E-state index is 12.9. The van der Waals surface area contributed by atoms with Gasteiger partial charge in [-0.3, -0.25) is 10.1 Å². The Hall–Kier alpha value is -2.60. The van der Waals surface area contributed by atoms with Crippen LogP contribution < -0.4 is 4.74 Å². The molecule has 5 nitrogen and oxygen atoms in total. The van der Waals surface area contributed by atoms with Gasteiger partial charge in [0.05, 0.1) is 11.0 Å². The monoisotopic (exact) mass is 220 g/mol. The largest absolute Gasteiger partial charge is 0.473 e. The molecule has 80 valence electrons. The molecule has 0 aliphatic heterocycles. The number of benzene rings is 1.